The van der Waals surface area contributed by atoms with Crippen molar-refractivity contribution in [1.82, 2.24) is 9.27 Å². The number of sulfone groups is 1. The zero-order valence-corrected chi connectivity index (χ0v) is 13.9. The molecule has 0 unspecified atom stereocenters. The molecule has 2 heterocycles. The minimum atomic E-state index is -3.33. The summed E-state index contributed by atoms with van der Waals surface area (Å²) in [5, 5.41) is 0.709. The van der Waals surface area contributed by atoms with Crippen LogP contribution in [-0.2, 0) is 9.84 Å². The second-order valence-electron chi connectivity index (χ2n) is 5.94. The van der Waals surface area contributed by atoms with Gasteiger partial charge >= 0.3 is 0 Å². The maximum Gasteiger partial charge on any atom is 0.182 e. The number of nitrogens with zero attached hydrogens (tertiary/aromatic N) is 3. The van der Waals surface area contributed by atoms with E-state index in [2.05, 4.69) is 14.2 Å². The smallest absolute Gasteiger partial charge is 0.182 e. The Balaban J connectivity index is 1.73. The third kappa shape index (κ3) is 3.02. The van der Waals surface area contributed by atoms with Gasteiger partial charge < -0.3 is 10.6 Å². The van der Waals surface area contributed by atoms with Gasteiger partial charge in [0.15, 0.2) is 15.7 Å². The van der Waals surface area contributed by atoms with E-state index in [4.69, 9.17) is 5.73 Å². The van der Waals surface area contributed by atoms with Crippen LogP contribution < -0.4 is 10.6 Å². The minimum Gasteiger partial charge on any atom is -0.382 e. The van der Waals surface area contributed by atoms with Gasteiger partial charge in [-0.15, -0.1) is 0 Å². The van der Waals surface area contributed by atoms with Gasteiger partial charge in [-0.3, -0.25) is 4.90 Å². The average Bonchev–Trinajstić information content (AvgIpc) is 3.07. The molecule has 2 N–H and O–H groups in total. The lowest BCUT2D eigenvalue weighted by Crippen LogP contribution is -2.49. The monoisotopic (exact) mass is 330 g/mol. The lowest BCUT2D eigenvalue weighted by atomic mass is 10.2. The molecule has 2 fully saturated rings. The van der Waals surface area contributed by atoms with Gasteiger partial charge in [0.25, 0.3) is 0 Å². The molecule has 1 saturated carbocycles. The highest BCUT2D eigenvalue weighted by molar-refractivity contribution is 7.91. The first-order valence-electron chi connectivity index (χ1n) is 7.41. The summed E-state index contributed by atoms with van der Waals surface area (Å²) in [7, 11) is -3.33. The lowest BCUT2D eigenvalue weighted by Gasteiger charge is -2.38. The predicted octanol–water partition coefficient (Wildman–Crippen LogP) is 1.19. The lowest BCUT2D eigenvalue weighted by molar-refractivity contribution is 0.187. The van der Waals surface area contributed by atoms with Crippen LogP contribution in [0.5, 0.6) is 0 Å². The maximum atomic E-state index is 11.9. The Hall–Kier alpha value is -0.860. The standard InChI is InChI=1S/C13H22N4O2S2/c1-21(18,19)11-12(14)15-20-13(11)17-8-6-16(7-9-17)10-4-2-3-5-10/h10H,2-9H2,1H3,(H2,14,15). The van der Waals surface area contributed by atoms with Gasteiger partial charge in [0.2, 0.25) is 0 Å². The SMILES string of the molecule is CS(=O)(=O)c1c(N)nsc1N1CCN(C2CCCC2)CC1. The van der Waals surface area contributed by atoms with Crippen LogP contribution in [0.3, 0.4) is 0 Å². The molecule has 0 aromatic carbocycles. The van der Waals surface area contributed by atoms with Crippen LogP contribution in [0.15, 0.2) is 4.90 Å². The third-order valence-electron chi connectivity index (χ3n) is 4.47. The van der Waals surface area contributed by atoms with Gasteiger partial charge in [0.1, 0.15) is 9.90 Å². The summed E-state index contributed by atoms with van der Waals surface area (Å²) in [5.74, 6) is 0.135. The van der Waals surface area contributed by atoms with E-state index in [1.165, 1.54) is 43.5 Å². The molecule has 1 aliphatic heterocycles. The molecule has 1 aromatic heterocycles. The molecule has 8 heteroatoms. The van der Waals surface area contributed by atoms with Gasteiger partial charge in [-0.2, -0.15) is 4.37 Å². The second kappa shape index (κ2) is 5.73. The van der Waals surface area contributed by atoms with Crippen molar-refractivity contribution in [3.05, 3.63) is 0 Å². The molecule has 0 atom stereocenters. The molecular weight excluding hydrogens is 308 g/mol. The van der Waals surface area contributed by atoms with Crippen LogP contribution in [-0.4, -0.2) is 56.2 Å². The maximum absolute atomic E-state index is 11.9. The Kier molecular flexibility index (Phi) is 4.11. The molecule has 3 rings (SSSR count). The Morgan fingerprint density at radius 3 is 2.38 bits per heavy atom. The zero-order chi connectivity index (χ0) is 15.0. The van der Waals surface area contributed by atoms with E-state index in [9.17, 15) is 8.42 Å². The van der Waals surface area contributed by atoms with Crippen molar-refractivity contribution >= 4 is 32.2 Å². The highest BCUT2D eigenvalue weighted by Crippen LogP contribution is 2.35. The Morgan fingerprint density at radius 1 is 1.19 bits per heavy atom. The predicted molar refractivity (Wildman–Crippen MR) is 85.7 cm³/mol. The largest absolute Gasteiger partial charge is 0.382 e. The quantitative estimate of drug-likeness (QED) is 0.897. The van der Waals surface area contributed by atoms with Gasteiger partial charge in [-0.1, -0.05) is 12.8 Å². The fraction of sp³-hybridized carbons (Fsp3) is 0.769. The van der Waals surface area contributed by atoms with E-state index >= 15 is 0 Å². The number of nitrogens with two attached hydrogens (primary N) is 1. The van der Waals surface area contributed by atoms with Crippen molar-refractivity contribution in [2.45, 2.75) is 36.6 Å². The van der Waals surface area contributed by atoms with Crippen LogP contribution in [0.4, 0.5) is 10.8 Å². The van der Waals surface area contributed by atoms with E-state index in [0.717, 1.165) is 32.2 Å². The molecule has 2 aliphatic rings. The zero-order valence-electron chi connectivity index (χ0n) is 12.3. The number of aromatic nitrogens is 1. The van der Waals surface area contributed by atoms with E-state index < -0.39 is 9.84 Å². The molecule has 0 radical (unpaired) electrons. The van der Waals surface area contributed by atoms with Gasteiger partial charge in [0.05, 0.1) is 0 Å². The Labute approximate surface area is 130 Å². The molecule has 1 aromatic rings. The van der Waals surface area contributed by atoms with Crippen molar-refractivity contribution in [3.8, 4) is 0 Å². The highest BCUT2D eigenvalue weighted by atomic mass is 32.2. The topological polar surface area (TPSA) is 79.5 Å². The van der Waals surface area contributed by atoms with E-state index in [0.29, 0.717) is 5.00 Å². The Morgan fingerprint density at radius 2 is 1.81 bits per heavy atom. The van der Waals surface area contributed by atoms with E-state index in [-0.39, 0.29) is 10.7 Å². The first kappa shape index (κ1) is 15.1. The number of rotatable bonds is 3. The summed E-state index contributed by atoms with van der Waals surface area (Å²) in [6.45, 7) is 3.68. The fourth-order valence-electron chi connectivity index (χ4n) is 3.39. The van der Waals surface area contributed by atoms with E-state index in [1.807, 2.05) is 0 Å². The summed E-state index contributed by atoms with van der Waals surface area (Å²) < 4.78 is 27.8. The normalized spacial score (nSPS) is 22.0. The fourth-order valence-corrected chi connectivity index (χ4v) is 5.65. The average molecular weight is 330 g/mol. The number of nitrogen functional groups attached to an aromatic ring is 1. The molecule has 1 saturated heterocycles. The van der Waals surface area contributed by atoms with Crippen molar-refractivity contribution in [2.75, 3.05) is 43.1 Å². The summed E-state index contributed by atoms with van der Waals surface area (Å²) in [6.07, 6.45) is 6.50. The first-order chi connectivity index (χ1) is 9.97. The van der Waals surface area contributed by atoms with Crippen molar-refractivity contribution in [1.29, 1.82) is 0 Å². The van der Waals surface area contributed by atoms with Gasteiger partial charge in [-0.25, -0.2) is 8.42 Å². The molecule has 0 bridgehead atoms. The summed E-state index contributed by atoms with van der Waals surface area (Å²) >= 11 is 1.20. The molecule has 1 aliphatic carbocycles. The van der Waals surface area contributed by atoms with Crippen molar-refractivity contribution in [2.24, 2.45) is 0 Å². The molecule has 118 valence electrons. The summed E-state index contributed by atoms with van der Waals surface area (Å²) in [5.41, 5.74) is 5.74. The highest BCUT2D eigenvalue weighted by Gasteiger charge is 2.30. The minimum absolute atomic E-state index is 0.135. The second-order valence-corrected chi connectivity index (χ2v) is 8.64. The number of hydrogen-bond acceptors (Lipinski definition) is 7. The van der Waals surface area contributed by atoms with Gasteiger partial charge in [-0.05, 0) is 24.4 Å². The number of piperazine rings is 1. The van der Waals surface area contributed by atoms with Crippen LogP contribution in [0.1, 0.15) is 25.7 Å². The van der Waals surface area contributed by atoms with E-state index in [1.54, 1.807) is 0 Å². The summed E-state index contributed by atoms with van der Waals surface area (Å²) in [6, 6.07) is 0.730. The molecule has 0 spiro atoms. The molecule has 0 amide bonds. The third-order valence-corrected chi connectivity index (χ3v) is 6.67. The molecule has 21 heavy (non-hydrogen) atoms. The Bertz CT molecular complexity index is 600. The first-order valence-corrected chi connectivity index (χ1v) is 10.1. The number of anilines is 2. The van der Waals surface area contributed by atoms with Crippen LogP contribution in [0.25, 0.3) is 0 Å². The van der Waals surface area contributed by atoms with Crippen LogP contribution >= 0.6 is 11.5 Å². The van der Waals surface area contributed by atoms with Crippen LogP contribution in [0, 0.1) is 0 Å². The van der Waals surface area contributed by atoms with Crippen LogP contribution in [0.2, 0.25) is 0 Å². The van der Waals surface area contributed by atoms with Crippen molar-refractivity contribution in [3.63, 3.8) is 0 Å². The van der Waals surface area contributed by atoms with Crippen molar-refractivity contribution < 1.29 is 8.42 Å². The molecule has 6 nitrogen and oxygen atoms in total. The van der Waals surface area contributed by atoms with Gasteiger partial charge in [0, 0.05) is 38.5 Å². The summed E-state index contributed by atoms with van der Waals surface area (Å²) in [4.78, 5) is 4.88. The molecular formula is C13H22N4O2S2. The number of hydrogen-bond donors (Lipinski definition) is 1.